The van der Waals surface area contributed by atoms with Crippen molar-refractivity contribution in [1.29, 1.82) is 0 Å². The fraction of sp³-hybridized carbons (Fsp3) is 0.417. The molecule has 4 aromatic rings. The maximum Gasteiger partial charge on any atom is 0.323 e. The minimum atomic E-state index is -0.870. The second-order valence-corrected chi connectivity index (χ2v) is 7.91. The van der Waals surface area contributed by atoms with Crippen molar-refractivity contribution in [2.24, 2.45) is 0 Å². The molecule has 0 spiro atoms. The molecule has 0 saturated carbocycles. The number of imidazole rings is 2. The van der Waals surface area contributed by atoms with Gasteiger partial charge in [0, 0.05) is 5.56 Å². The number of para-hydroxylation sites is 2. The summed E-state index contributed by atoms with van der Waals surface area (Å²) >= 11 is 0. The molecule has 2 aromatic heterocycles. The molecular formula is C24H32N4O3. The van der Waals surface area contributed by atoms with Crippen molar-refractivity contribution in [2.45, 2.75) is 64.9 Å². The lowest BCUT2D eigenvalue weighted by Crippen LogP contribution is -2.23. The van der Waals surface area contributed by atoms with Gasteiger partial charge in [-0.25, -0.2) is 9.59 Å². The number of rotatable bonds is 6. The van der Waals surface area contributed by atoms with Gasteiger partial charge in [0.05, 0.1) is 27.7 Å². The van der Waals surface area contributed by atoms with Crippen molar-refractivity contribution in [2.75, 3.05) is 0 Å². The highest BCUT2D eigenvalue weighted by molar-refractivity contribution is 5.79. The van der Waals surface area contributed by atoms with E-state index in [4.69, 9.17) is 0 Å². The van der Waals surface area contributed by atoms with Gasteiger partial charge in [-0.3, -0.25) is 0 Å². The summed E-state index contributed by atoms with van der Waals surface area (Å²) in [5.41, 5.74) is 4.12. The topological polar surface area (TPSA) is 118 Å². The highest BCUT2D eigenvalue weighted by atomic mass is 16.3. The van der Waals surface area contributed by atoms with Gasteiger partial charge in [0.25, 0.3) is 0 Å². The molecule has 0 unspecified atom stereocenters. The van der Waals surface area contributed by atoms with Crippen LogP contribution in [0.1, 0.15) is 70.4 Å². The number of fused-ring (bicyclic) bond motifs is 2. The van der Waals surface area contributed by atoms with Gasteiger partial charge >= 0.3 is 11.4 Å². The molecule has 166 valence electrons. The molecule has 4 rings (SSSR count). The van der Waals surface area contributed by atoms with Crippen LogP contribution in [-0.2, 0) is 5.60 Å². The number of aliphatic hydroxyl groups is 1. The van der Waals surface area contributed by atoms with Gasteiger partial charge in [0.1, 0.15) is 0 Å². The van der Waals surface area contributed by atoms with Crippen LogP contribution in [0.5, 0.6) is 0 Å². The fourth-order valence-corrected chi connectivity index (χ4v) is 4.23. The zero-order valence-corrected chi connectivity index (χ0v) is 18.6. The molecule has 5 N–H and O–H groups in total. The number of H-pyrrole nitrogens is 4. The standard InChI is InChI=1S/C12H16N2O2.C12H16N2O/c1-3-12(16,4-2)8-6-5-7-9-10(8)14-11(15)13-9;1-3-8(4-2)9-6-5-7-10-11(9)14-12(15)13-10/h5-7,16H,3-4H2,1-2H3,(H2,13,14,15);5-8H,3-4H2,1-2H3,(H2,13,14,15). The van der Waals surface area contributed by atoms with Gasteiger partial charge in [-0.2, -0.15) is 0 Å². The van der Waals surface area contributed by atoms with Crippen molar-refractivity contribution >= 4 is 22.1 Å². The Labute approximate surface area is 180 Å². The molecule has 0 fully saturated rings. The van der Waals surface area contributed by atoms with Crippen LogP contribution in [0.3, 0.4) is 0 Å². The minimum absolute atomic E-state index is 0.122. The van der Waals surface area contributed by atoms with E-state index < -0.39 is 5.60 Å². The van der Waals surface area contributed by atoms with Crippen LogP contribution in [0.2, 0.25) is 0 Å². The molecule has 7 heteroatoms. The van der Waals surface area contributed by atoms with Crippen LogP contribution < -0.4 is 11.4 Å². The quantitative estimate of drug-likeness (QED) is 0.311. The first kappa shape index (κ1) is 22.6. The van der Waals surface area contributed by atoms with Crippen LogP contribution in [0, 0.1) is 0 Å². The maximum atomic E-state index is 11.3. The molecule has 0 bridgehead atoms. The molecule has 0 amide bonds. The molecule has 0 saturated heterocycles. The van der Waals surface area contributed by atoms with E-state index >= 15 is 0 Å². The van der Waals surface area contributed by atoms with E-state index in [1.807, 2.05) is 44.2 Å². The van der Waals surface area contributed by atoms with Crippen molar-refractivity contribution in [3.8, 4) is 0 Å². The Bertz CT molecular complexity index is 1250. The van der Waals surface area contributed by atoms with Gasteiger partial charge in [-0.15, -0.1) is 0 Å². The number of aromatic nitrogens is 4. The summed E-state index contributed by atoms with van der Waals surface area (Å²) in [6.07, 6.45) is 3.44. The molecule has 0 aliphatic rings. The van der Waals surface area contributed by atoms with E-state index in [2.05, 4.69) is 39.8 Å². The van der Waals surface area contributed by atoms with Crippen LogP contribution in [0.15, 0.2) is 46.0 Å². The normalized spacial score (nSPS) is 11.8. The van der Waals surface area contributed by atoms with Gasteiger partial charge in [-0.1, -0.05) is 52.0 Å². The first-order valence-electron chi connectivity index (χ1n) is 11.0. The summed E-state index contributed by atoms with van der Waals surface area (Å²) in [6.45, 7) is 8.23. The van der Waals surface area contributed by atoms with Gasteiger partial charge in [0.15, 0.2) is 0 Å². The lowest BCUT2D eigenvalue weighted by atomic mass is 9.88. The summed E-state index contributed by atoms with van der Waals surface area (Å²) in [6, 6.07) is 11.6. The second-order valence-electron chi connectivity index (χ2n) is 7.91. The lowest BCUT2D eigenvalue weighted by molar-refractivity contribution is 0.0297. The van der Waals surface area contributed by atoms with Crippen LogP contribution in [0.25, 0.3) is 22.1 Å². The summed E-state index contributed by atoms with van der Waals surface area (Å²) in [7, 11) is 0. The third-order valence-corrected chi connectivity index (χ3v) is 6.23. The molecule has 7 nitrogen and oxygen atoms in total. The van der Waals surface area contributed by atoms with Crippen molar-refractivity contribution in [3.05, 3.63) is 68.5 Å². The third-order valence-electron chi connectivity index (χ3n) is 6.23. The first-order chi connectivity index (χ1) is 14.9. The Kier molecular flexibility index (Phi) is 6.85. The number of hydrogen-bond donors (Lipinski definition) is 5. The molecule has 0 atom stereocenters. The zero-order valence-electron chi connectivity index (χ0n) is 18.6. The van der Waals surface area contributed by atoms with Crippen LogP contribution >= 0.6 is 0 Å². The molecule has 2 heterocycles. The van der Waals surface area contributed by atoms with Gasteiger partial charge in [0.2, 0.25) is 0 Å². The van der Waals surface area contributed by atoms with Crippen LogP contribution in [-0.4, -0.2) is 25.0 Å². The molecule has 0 aliphatic heterocycles. The Morgan fingerprint density at radius 1 is 0.774 bits per heavy atom. The number of aromatic amines is 4. The van der Waals surface area contributed by atoms with Gasteiger partial charge < -0.3 is 25.0 Å². The lowest BCUT2D eigenvalue weighted by Gasteiger charge is -2.26. The molecular weight excluding hydrogens is 392 g/mol. The Hall–Kier alpha value is -3.06. The largest absolute Gasteiger partial charge is 0.385 e. The number of nitrogens with one attached hydrogen (secondary N) is 4. The Morgan fingerprint density at radius 2 is 1.29 bits per heavy atom. The van der Waals surface area contributed by atoms with E-state index in [1.54, 1.807) is 0 Å². The first-order valence-corrected chi connectivity index (χ1v) is 11.0. The van der Waals surface area contributed by atoms with Crippen LogP contribution in [0.4, 0.5) is 0 Å². The molecule has 31 heavy (non-hydrogen) atoms. The average Bonchev–Trinajstić information content (AvgIpc) is 3.35. The monoisotopic (exact) mass is 424 g/mol. The predicted molar refractivity (Wildman–Crippen MR) is 126 cm³/mol. The second kappa shape index (κ2) is 9.39. The van der Waals surface area contributed by atoms with Gasteiger partial charge in [-0.05, 0) is 49.3 Å². The smallest absolute Gasteiger partial charge is 0.323 e. The highest BCUT2D eigenvalue weighted by Gasteiger charge is 2.27. The predicted octanol–water partition coefficient (Wildman–Crippen LogP) is 4.62. The SMILES string of the molecule is CCC(CC)c1cccc2[nH]c(=O)[nH]c12.CCC(O)(CC)c1cccc2[nH]c(=O)[nH]c12. The van der Waals surface area contributed by atoms with Crippen molar-refractivity contribution in [3.63, 3.8) is 0 Å². The maximum absolute atomic E-state index is 11.3. The van der Waals surface area contributed by atoms with E-state index in [9.17, 15) is 14.7 Å². The Morgan fingerprint density at radius 3 is 1.84 bits per heavy atom. The van der Waals surface area contributed by atoms with E-state index in [1.165, 1.54) is 5.56 Å². The molecule has 0 radical (unpaired) electrons. The fourth-order valence-electron chi connectivity index (χ4n) is 4.23. The summed E-state index contributed by atoms with van der Waals surface area (Å²) in [4.78, 5) is 33.6. The van der Waals surface area contributed by atoms with E-state index in [0.717, 1.165) is 35.0 Å². The zero-order chi connectivity index (χ0) is 22.6. The highest BCUT2D eigenvalue weighted by Crippen LogP contribution is 2.32. The summed E-state index contributed by atoms with van der Waals surface area (Å²) < 4.78 is 0. The third kappa shape index (κ3) is 4.51. The van der Waals surface area contributed by atoms with Crippen molar-refractivity contribution in [1.82, 2.24) is 19.9 Å². The molecule has 2 aromatic carbocycles. The average molecular weight is 425 g/mol. The summed E-state index contributed by atoms with van der Waals surface area (Å²) in [5.74, 6) is 0.528. The summed E-state index contributed by atoms with van der Waals surface area (Å²) in [5, 5.41) is 10.5. The van der Waals surface area contributed by atoms with E-state index in [0.29, 0.717) is 24.3 Å². The molecule has 0 aliphatic carbocycles. The van der Waals surface area contributed by atoms with E-state index in [-0.39, 0.29) is 11.4 Å². The minimum Gasteiger partial charge on any atom is -0.385 e. The number of benzene rings is 2. The van der Waals surface area contributed by atoms with Crippen molar-refractivity contribution < 1.29 is 5.11 Å². The Balaban J connectivity index is 0.000000176. The number of hydrogen-bond acceptors (Lipinski definition) is 3.